The van der Waals surface area contributed by atoms with Crippen LogP contribution in [0.2, 0.25) is 0 Å². The maximum Gasteiger partial charge on any atom is 0.0794 e. The molecular weight excluding hydrogens is 334 g/mol. The van der Waals surface area contributed by atoms with Crippen LogP contribution >= 0.6 is 23.1 Å². The fourth-order valence-corrected chi connectivity index (χ4v) is 3.23. The summed E-state index contributed by atoms with van der Waals surface area (Å²) in [6.07, 6.45) is 0.916. The van der Waals surface area contributed by atoms with Gasteiger partial charge in [-0.3, -0.25) is 0 Å². The minimum absolute atomic E-state index is 0.907. The Morgan fingerprint density at radius 1 is 1.04 bits per heavy atom. The molecule has 0 spiro atoms. The molecule has 0 saturated heterocycles. The molecule has 2 N–H and O–H groups in total. The minimum Gasteiger partial charge on any atom is -0.323 e. The fraction of sp³-hybridized carbons (Fsp3) is 0.158. The van der Waals surface area contributed by atoms with Crippen molar-refractivity contribution in [3.63, 3.8) is 0 Å². The number of benzene rings is 2. The third kappa shape index (κ3) is 6.56. The maximum atomic E-state index is 4.76. The summed E-state index contributed by atoms with van der Waals surface area (Å²) in [6.45, 7) is 3.69. The van der Waals surface area contributed by atoms with Crippen LogP contribution in [0, 0.1) is 0 Å². The first-order chi connectivity index (χ1) is 11.7. The van der Waals surface area contributed by atoms with Crippen molar-refractivity contribution in [1.29, 1.82) is 0 Å². The van der Waals surface area contributed by atoms with Crippen LogP contribution in [0.4, 0.5) is 0 Å². The van der Waals surface area contributed by atoms with Crippen molar-refractivity contribution >= 4 is 28.8 Å². The first-order valence-electron chi connectivity index (χ1n) is 7.57. The molecule has 1 heterocycles. The highest BCUT2D eigenvalue weighted by molar-refractivity contribution is 7.99. The van der Waals surface area contributed by atoms with Crippen molar-refractivity contribution in [2.75, 3.05) is 0 Å². The number of nitrogens with zero attached hydrogens (tertiary/aromatic N) is 2. The third-order valence-corrected chi connectivity index (χ3v) is 4.68. The molecule has 124 valence electrons. The van der Waals surface area contributed by atoms with Crippen LogP contribution in [0.15, 0.2) is 80.4 Å². The van der Waals surface area contributed by atoms with Gasteiger partial charge in [0, 0.05) is 27.3 Å². The molecule has 0 saturated carbocycles. The lowest BCUT2D eigenvalue weighted by molar-refractivity contribution is 1.10. The Hall–Kier alpha value is -2.11. The third-order valence-electron chi connectivity index (χ3n) is 3.03. The summed E-state index contributed by atoms with van der Waals surface area (Å²) in [7, 11) is 0. The number of hydrazone groups is 1. The van der Waals surface area contributed by atoms with E-state index in [4.69, 9.17) is 5.84 Å². The second kappa shape index (κ2) is 9.90. The van der Waals surface area contributed by atoms with Crippen LogP contribution in [0.25, 0.3) is 0 Å². The van der Waals surface area contributed by atoms with Crippen molar-refractivity contribution in [3.05, 3.63) is 76.7 Å². The van der Waals surface area contributed by atoms with Gasteiger partial charge in [0.15, 0.2) is 0 Å². The number of thiazole rings is 1. The van der Waals surface area contributed by atoms with Crippen molar-refractivity contribution in [3.8, 4) is 0 Å². The van der Waals surface area contributed by atoms with Gasteiger partial charge in [0.05, 0.1) is 11.2 Å². The quantitative estimate of drug-likeness (QED) is 0.396. The lowest BCUT2D eigenvalue weighted by atomic mass is 10.1. The Balaban J connectivity index is 0.000000368. The van der Waals surface area contributed by atoms with Crippen molar-refractivity contribution < 1.29 is 0 Å². The maximum absolute atomic E-state index is 4.76. The van der Waals surface area contributed by atoms with E-state index in [-0.39, 0.29) is 0 Å². The molecule has 0 atom stereocenters. The van der Waals surface area contributed by atoms with E-state index >= 15 is 0 Å². The van der Waals surface area contributed by atoms with Gasteiger partial charge >= 0.3 is 0 Å². The molecule has 0 unspecified atom stereocenters. The van der Waals surface area contributed by atoms with Gasteiger partial charge < -0.3 is 5.84 Å². The summed E-state index contributed by atoms with van der Waals surface area (Å²) in [5.74, 6) is 4.76. The lowest BCUT2D eigenvalue weighted by Crippen LogP contribution is -1.87. The molecular formula is C19H21N3S2. The monoisotopic (exact) mass is 355 g/mol. The van der Waals surface area contributed by atoms with E-state index in [9.17, 15) is 0 Å². The highest BCUT2D eigenvalue weighted by Gasteiger charge is 2.00. The van der Waals surface area contributed by atoms with Gasteiger partial charge in [-0.1, -0.05) is 42.1 Å². The first-order valence-corrected chi connectivity index (χ1v) is 9.33. The van der Waals surface area contributed by atoms with E-state index in [0.29, 0.717) is 0 Å². The average Bonchev–Trinajstić information content (AvgIpc) is 3.11. The number of hydrogen-bond donors (Lipinski definition) is 1. The van der Waals surface area contributed by atoms with E-state index in [1.165, 1.54) is 15.4 Å². The molecule has 5 heteroatoms. The van der Waals surface area contributed by atoms with Gasteiger partial charge in [-0.25, -0.2) is 4.98 Å². The Morgan fingerprint density at radius 2 is 1.67 bits per heavy atom. The topological polar surface area (TPSA) is 51.3 Å². The standard InChI is InChI=1S/C16H13NS2.C3H8N2/c1-2-4-15(5-3-1)19-16-8-6-13(7-9-16)10-14-11-18-12-17-14;1-3(2)5-4/h1-9,11-12H,10H2;4H2,1-2H3. The summed E-state index contributed by atoms with van der Waals surface area (Å²) >= 11 is 3.44. The number of hydrogen-bond acceptors (Lipinski definition) is 5. The van der Waals surface area contributed by atoms with Gasteiger partial charge in [-0.2, -0.15) is 5.10 Å². The predicted molar refractivity (Wildman–Crippen MR) is 105 cm³/mol. The molecule has 3 rings (SSSR count). The van der Waals surface area contributed by atoms with Crippen LogP contribution in [-0.2, 0) is 6.42 Å². The zero-order chi connectivity index (χ0) is 17.2. The highest BCUT2D eigenvalue weighted by atomic mass is 32.2. The van der Waals surface area contributed by atoms with Gasteiger partial charge in [0.25, 0.3) is 0 Å². The van der Waals surface area contributed by atoms with E-state index in [1.807, 2.05) is 25.4 Å². The Morgan fingerprint density at radius 3 is 2.21 bits per heavy atom. The van der Waals surface area contributed by atoms with E-state index < -0.39 is 0 Å². The van der Waals surface area contributed by atoms with Crippen molar-refractivity contribution in [2.45, 2.75) is 30.1 Å². The van der Waals surface area contributed by atoms with Gasteiger partial charge in [0.2, 0.25) is 0 Å². The highest BCUT2D eigenvalue weighted by Crippen LogP contribution is 2.27. The van der Waals surface area contributed by atoms with E-state index in [0.717, 1.165) is 17.8 Å². The van der Waals surface area contributed by atoms with E-state index in [1.54, 1.807) is 23.1 Å². The summed E-state index contributed by atoms with van der Waals surface area (Å²) in [4.78, 5) is 6.86. The fourth-order valence-electron chi connectivity index (χ4n) is 1.83. The predicted octanol–water partition coefficient (Wildman–Crippen LogP) is 5.23. The van der Waals surface area contributed by atoms with Gasteiger partial charge in [-0.05, 0) is 43.7 Å². The molecule has 0 aliphatic carbocycles. The largest absolute Gasteiger partial charge is 0.323 e. The second-order valence-electron chi connectivity index (χ2n) is 5.29. The molecule has 3 aromatic rings. The zero-order valence-corrected chi connectivity index (χ0v) is 15.5. The number of nitrogens with two attached hydrogens (primary N) is 1. The number of aromatic nitrogens is 1. The Bertz CT molecular complexity index is 732. The van der Waals surface area contributed by atoms with Crippen LogP contribution in [0.5, 0.6) is 0 Å². The van der Waals surface area contributed by atoms with Gasteiger partial charge in [0.1, 0.15) is 0 Å². The summed E-state index contributed by atoms with van der Waals surface area (Å²) in [5.41, 5.74) is 5.25. The lowest BCUT2D eigenvalue weighted by Gasteiger charge is -2.03. The van der Waals surface area contributed by atoms with Gasteiger partial charge in [-0.15, -0.1) is 11.3 Å². The summed E-state index contributed by atoms with van der Waals surface area (Å²) in [6, 6.07) is 19.2. The normalized spacial score (nSPS) is 9.75. The molecule has 0 aliphatic heterocycles. The Labute approximate surface area is 151 Å². The van der Waals surface area contributed by atoms with Crippen LogP contribution in [-0.4, -0.2) is 10.7 Å². The molecule has 0 amide bonds. The number of rotatable bonds is 4. The first kappa shape index (κ1) is 18.2. The molecule has 0 bridgehead atoms. The molecule has 1 aromatic heterocycles. The zero-order valence-electron chi connectivity index (χ0n) is 13.8. The van der Waals surface area contributed by atoms with Crippen LogP contribution in [0.1, 0.15) is 25.1 Å². The smallest absolute Gasteiger partial charge is 0.0794 e. The molecule has 0 aliphatic rings. The Kier molecular flexibility index (Phi) is 7.52. The average molecular weight is 356 g/mol. The molecule has 0 fully saturated rings. The van der Waals surface area contributed by atoms with Crippen molar-refractivity contribution in [1.82, 2.24) is 4.98 Å². The van der Waals surface area contributed by atoms with E-state index in [2.05, 4.69) is 64.0 Å². The van der Waals surface area contributed by atoms with Crippen molar-refractivity contribution in [2.24, 2.45) is 10.9 Å². The molecule has 0 radical (unpaired) electrons. The minimum atomic E-state index is 0.907. The summed E-state index contributed by atoms with van der Waals surface area (Å²) < 4.78 is 0. The molecule has 2 aromatic carbocycles. The summed E-state index contributed by atoms with van der Waals surface area (Å²) in [5, 5.41) is 5.41. The SMILES string of the molecule is CC(C)=NN.c1ccc(Sc2ccc(Cc3cscn3)cc2)cc1. The molecule has 24 heavy (non-hydrogen) atoms. The second-order valence-corrected chi connectivity index (χ2v) is 7.16. The molecule has 3 nitrogen and oxygen atoms in total. The van der Waals surface area contributed by atoms with Crippen LogP contribution < -0.4 is 5.84 Å². The van der Waals surface area contributed by atoms with Crippen LogP contribution in [0.3, 0.4) is 0 Å².